The van der Waals surface area contributed by atoms with Gasteiger partial charge >= 0.3 is 0 Å². The predicted octanol–water partition coefficient (Wildman–Crippen LogP) is 8.35. The molecule has 166 valence electrons. The molecule has 0 aliphatic rings. The summed E-state index contributed by atoms with van der Waals surface area (Å²) in [7, 11) is 0. The molecule has 0 radical (unpaired) electrons. The first-order valence-corrected chi connectivity index (χ1v) is 12.1. The van der Waals surface area contributed by atoms with Gasteiger partial charge in [0.05, 0.1) is 22.1 Å². The molecule has 4 nitrogen and oxygen atoms in total. The van der Waals surface area contributed by atoms with E-state index in [-0.39, 0.29) is 0 Å². The van der Waals surface area contributed by atoms with E-state index in [9.17, 15) is 0 Å². The maximum absolute atomic E-state index is 6.25. The lowest BCUT2D eigenvalue weighted by atomic mass is 10.1. The van der Waals surface area contributed by atoms with Gasteiger partial charge in [-0.3, -0.25) is 4.40 Å². The van der Waals surface area contributed by atoms with Crippen molar-refractivity contribution >= 4 is 71.3 Å². The highest BCUT2D eigenvalue weighted by atomic mass is 16.3. The summed E-state index contributed by atoms with van der Waals surface area (Å²) in [5, 5.41) is 5.82. The quantitative estimate of drug-likeness (QED) is 0.248. The SMILES string of the molecule is c1ccc(-c2ccc3nc4c5cccc6c7cc8c(cc7n(c4nc3c2)c65)oc2ccccc28)cc1. The van der Waals surface area contributed by atoms with Crippen molar-refractivity contribution in [3.8, 4) is 11.1 Å². The average molecular weight is 460 g/mol. The normalized spacial score (nSPS) is 12.4. The van der Waals surface area contributed by atoms with Gasteiger partial charge in [-0.25, -0.2) is 9.97 Å². The predicted molar refractivity (Wildman–Crippen MR) is 147 cm³/mol. The van der Waals surface area contributed by atoms with Gasteiger partial charge < -0.3 is 4.42 Å². The molecule has 0 aliphatic heterocycles. The number of aromatic nitrogens is 3. The van der Waals surface area contributed by atoms with Crippen LogP contribution in [-0.2, 0) is 0 Å². The van der Waals surface area contributed by atoms with Crippen LogP contribution >= 0.6 is 0 Å². The van der Waals surface area contributed by atoms with Gasteiger partial charge in [-0.15, -0.1) is 0 Å². The Kier molecular flexibility index (Phi) is 3.25. The molecule has 0 spiro atoms. The van der Waals surface area contributed by atoms with Crippen LogP contribution in [0.2, 0.25) is 0 Å². The Hall–Kier alpha value is -4.96. The molecular weight excluding hydrogens is 442 g/mol. The molecule has 0 bridgehead atoms. The maximum Gasteiger partial charge on any atom is 0.165 e. The molecule has 0 fully saturated rings. The first-order chi connectivity index (χ1) is 17.8. The molecule has 0 saturated heterocycles. The Bertz CT molecular complexity index is 2310. The number of hydrogen-bond donors (Lipinski definition) is 0. The molecular formula is C32H17N3O. The zero-order valence-electron chi connectivity index (χ0n) is 19.1. The Morgan fingerprint density at radius 1 is 0.528 bits per heavy atom. The highest BCUT2D eigenvalue weighted by Crippen LogP contribution is 2.41. The summed E-state index contributed by atoms with van der Waals surface area (Å²) < 4.78 is 8.51. The van der Waals surface area contributed by atoms with Gasteiger partial charge in [-0.1, -0.05) is 72.8 Å². The fraction of sp³-hybridized carbons (Fsp3) is 0. The average Bonchev–Trinajstić information content (AvgIpc) is 3.57. The number of fused-ring (bicyclic) bond motifs is 10. The van der Waals surface area contributed by atoms with Crippen molar-refractivity contribution in [2.45, 2.75) is 0 Å². The Labute approximate surface area is 204 Å². The molecule has 4 aromatic heterocycles. The van der Waals surface area contributed by atoms with Crippen LogP contribution in [-0.4, -0.2) is 14.4 Å². The summed E-state index contributed by atoms with van der Waals surface area (Å²) >= 11 is 0. The smallest absolute Gasteiger partial charge is 0.165 e. The lowest BCUT2D eigenvalue weighted by molar-refractivity contribution is 0.669. The van der Waals surface area contributed by atoms with Gasteiger partial charge in [0.15, 0.2) is 5.65 Å². The van der Waals surface area contributed by atoms with Crippen molar-refractivity contribution in [3.63, 3.8) is 0 Å². The second kappa shape index (κ2) is 6.37. The third kappa shape index (κ3) is 2.24. The lowest BCUT2D eigenvalue weighted by Gasteiger charge is -2.04. The molecule has 0 aliphatic carbocycles. The summed E-state index contributed by atoms with van der Waals surface area (Å²) in [6.07, 6.45) is 0. The number of para-hydroxylation sites is 2. The van der Waals surface area contributed by atoms with Gasteiger partial charge in [0.25, 0.3) is 0 Å². The van der Waals surface area contributed by atoms with Crippen LogP contribution in [0.3, 0.4) is 0 Å². The maximum atomic E-state index is 6.25. The zero-order chi connectivity index (χ0) is 23.4. The number of nitrogens with zero attached hydrogens (tertiary/aromatic N) is 3. The zero-order valence-corrected chi connectivity index (χ0v) is 19.1. The molecule has 0 atom stereocenters. The molecule has 5 aromatic carbocycles. The van der Waals surface area contributed by atoms with Gasteiger partial charge in [-0.2, -0.15) is 0 Å². The van der Waals surface area contributed by atoms with Gasteiger partial charge in [0.1, 0.15) is 16.7 Å². The summed E-state index contributed by atoms with van der Waals surface area (Å²) in [6, 6.07) is 35.9. The van der Waals surface area contributed by atoms with Crippen molar-refractivity contribution in [2.75, 3.05) is 0 Å². The van der Waals surface area contributed by atoms with Crippen LogP contribution in [0, 0.1) is 0 Å². The van der Waals surface area contributed by atoms with Crippen LogP contribution in [0.4, 0.5) is 0 Å². The van der Waals surface area contributed by atoms with E-state index in [1.54, 1.807) is 0 Å². The molecule has 9 aromatic rings. The molecule has 0 saturated carbocycles. The monoisotopic (exact) mass is 459 g/mol. The van der Waals surface area contributed by atoms with Crippen LogP contribution in [0.15, 0.2) is 108 Å². The van der Waals surface area contributed by atoms with E-state index in [2.05, 4.69) is 89.3 Å². The largest absolute Gasteiger partial charge is 0.456 e. The van der Waals surface area contributed by atoms with Crippen LogP contribution in [0.1, 0.15) is 0 Å². The van der Waals surface area contributed by atoms with E-state index in [0.29, 0.717) is 0 Å². The minimum absolute atomic E-state index is 0.879. The highest BCUT2D eigenvalue weighted by Gasteiger charge is 2.21. The van der Waals surface area contributed by atoms with Crippen LogP contribution < -0.4 is 0 Å². The highest BCUT2D eigenvalue weighted by molar-refractivity contribution is 6.25. The molecule has 4 heteroatoms. The number of benzene rings is 5. The minimum atomic E-state index is 0.879. The van der Waals surface area contributed by atoms with Crippen molar-refractivity contribution in [3.05, 3.63) is 103 Å². The van der Waals surface area contributed by atoms with E-state index >= 15 is 0 Å². The van der Waals surface area contributed by atoms with E-state index in [4.69, 9.17) is 14.4 Å². The molecule has 4 heterocycles. The fourth-order valence-corrected chi connectivity index (χ4v) is 5.89. The second-order valence-corrected chi connectivity index (χ2v) is 9.47. The number of hydrogen-bond acceptors (Lipinski definition) is 3. The van der Waals surface area contributed by atoms with Crippen LogP contribution in [0.25, 0.3) is 82.5 Å². The standard InChI is InChI=1S/C32H17N3O/c1-2-7-18(8-3-1)19-13-14-25-26(15-19)34-32-30(33-25)22-11-6-10-21-23-16-24-20-9-4-5-12-28(20)36-29(24)17-27(23)35(32)31(21)22/h1-17H. The van der Waals surface area contributed by atoms with E-state index in [1.807, 2.05) is 18.2 Å². The first kappa shape index (κ1) is 18.4. The van der Waals surface area contributed by atoms with E-state index < -0.39 is 0 Å². The Morgan fingerprint density at radius 2 is 1.36 bits per heavy atom. The Balaban J connectivity index is 1.44. The minimum Gasteiger partial charge on any atom is -0.456 e. The molecule has 0 amide bonds. The second-order valence-electron chi connectivity index (χ2n) is 9.47. The lowest BCUT2D eigenvalue weighted by Crippen LogP contribution is -1.90. The number of furan rings is 1. The Morgan fingerprint density at radius 3 is 2.31 bits per heavy atom. The first-order valence-electron chi connectivity index (χ1n) is 12.1. The third-order valence-electron chi connectivity index (χ3n) is 7.51. The van der Waals surface area contributed by atoms with Gasteiger partial charge in [0, 0.05) is 33.0 Å². The van der Waals surface area contributed by atoms with E-state index in [0.717, 1.165) is 66.1 Å². The number of rotatable bonds is 1. The molecule has 36 heavy (non-hydrogen) atoms. The molecule has 9 rings (SSSR count). The fourth-order valence-electron chi connectivity index (χ4n) is 5.89. The topological polar surface area (TPSA) is 43.3 Å². The van der Waals surface area contributed by atoms with E-state index in [1.165, 1.54) is 16.3 Å². The summed E-state index contributed by atoms with van der Waals surface area (Å²) in [5.74, 6) is 0. The molecule has 0 unspecified atom stereocenters. The van der Waals surface area contributed by atoms with Gasteiger partial charge in [-0.05, 0) is 35.4 Å². The van der Waals surface area contributed by atoms with Gasteiger partial charge in [0.2, 0.25) is 0 Å². The summed E-state index contributed by atoms with van der Waals surface area (Å²) in [4.78, 5) is 10.3. The van der Waals surface area contributed by atoms with Crippen molar-refractivity contribution in [1.82, 2.24) is 14.4 Å². The van der Waals surface area contributed by atoms with Crippen molar-refractivity contribution < 1.29 is 4.42 Å². The summed E-state index contributed by atoms with van der Waals surface area (Å²) in [5.41, 5.74) is 9.97. The van der Waals surface area contributed by atoms with Crippen molar-refractivity contribution in [2.24, 2.45) is 0 Å². The third-order valence-corrected chi connectivity index (χ3v) is 7.51. The van der Waals surface area contributed by atoms with Crippen molar-refractivity contribution in [1.29, 1.82) is 0 Å². The molecule has 0 N–H and O–H groups in total. The summed E-state index contributed by atoms with van der Waals surface area (Å²) in [6.45, 7) is 0. The van der Waals surface area contributed by atoms with Crippen LogP contribution in [0.5, 0.6) is 0 Å².